The Hall–Kier alpha value is -1.64. The minimum atomic E-state index is -0.463. The van der Waals surface area contributed by atoms with Crippen LogP contribution in [0.1, 0.15) is 44.7 Å². The number of carbonyl (C=O) groups is 2. The van der Waals surface area contributed by atoms with Crippen molar-refractivity contribution in [3.63, 3.8) is 0 Å². The number of nitrogens with zero attached hydrogens (tertiary/aromatic N) is 1. The zero-order valence-electron chi connectivity index (χ0n) is 12.1. The lowest BCUT2D eigenvalue weighted by atomic mass is 9.85. The van der Waals surface area contributed by atoms with Gasteiger partial charge in [0.15, 0.2) is 0 Å². The minimum Gasteiger partial charge on any atom is -0.314 e. The highest BCUT2D eigenvalue weighted by molar-refractivity contribution is 6.07. The molecule has 0 aliphatic carbocycles. The largest absolute Gasteiger partial charge is 0.314 e. The van der Waals surface area contributed by atoms with Crippen LogP contribution in [0.4, 0.5) is 5.69 Å². The van der Waals surface area contributed by atoms with Crippen molar-refractivity contribution >= 4 is 17.4 Å². The maximum Gasteiger partial charge on any atom is 0.236 e. The van der Waals surface area contributed by atoms with Crippen LogP contribution in [0.5, 0.6) is 0 Å². The molecule has 0 N–H and O–H groups in total. The lowest BCUT2D eigenvalue weighted by Gasteiger charge is -2.16. The van der Waals surface area contributed by atoms with Crippen molar-refractivity contribution < 1.29 is 9.59 Å². The summed E-state index contributed by atoms with van der Waals surface area (Å²) in [6.07, 6.45) is 1.94. The van der Waals surface area contributed by atoms with E-state index in [-0.39, 0.29) is 11.7 Å². The van der Waals surface area contributed by atoms with Gasteiger partial charge in [-0.1, -0.05) is 19.1 Å². The number of benzene rings is 1. The summed E-state index contributed by atoms with van der Waals surface area (Å²) in [4.78, 5) is 25.3. The third kappa shape index (κ3) is 2.29. The molecule has 102 valence electrons. The molecule has 0 aromatic heterocycles. The van der Waals surface area contributed by atoms with Crippen LogP contribution in [0.2, 0.25) is 0 Å². The van der Waals surface area contributed by atoms with Gasteiger partial charge < -0.3 is 4.90 Å². The minimum absolute atomic E-state index is 0.129. The molecule has 3 nitrogen and oxygen atoms in total. The number of fused-ring (bicyclic) bond motifs is 1. The maximum atomic E-state index is 12.2. The van der Waals surface area contributed by atoms with E-state index in [0.29, 0.717) is 12.8 Å². The van der Waals surface area contributed by atoms with Crippen LogP contribution in [0.3, 0.4) is 0 Å². The van der Waals surface area contributed by atoms with Gasteiger partial charge in [0.1, 0.15) is 5.78 Å². The molecule has 0 unspecified atom stereocenters. The molecule has 1 aromatic carbocycles. The van der Waals surface area contributed by atoms with Crippen LogP contribution in [0, 0.1) is 0 Å². The summed E-state index contributed by atoms with van der Waals surface area (Å²) < 4.78 is 0. The number of hydrogen-bond acceptors (Lipinski definition) is 2. The number of aryl methyl sites for hydroxylation is 1. The molecule has 2 rings (SSSR count). The van der Waals surface area contributed by atoms with Gasteiger partial charge in [-0.15, -0.1) is 0 Å². The average molecular weight is 259 g/mol. The Labute approximate surface area is 114 Å². The van der Waals surface area contributed by atoms with E-state index in [1.165, 1.54) is 0 Å². The zero-order chi connectivity index (χ0) is 14.2. The van der Waals surface area contributed by atoms with E-state index in [0.717, 1.165) is 23.2 Å². The van der Waals surface area contributed by atoms with Crippen LogP contribution >= 0.6 is 0 Å². The Bertz CT molecular complexity index is 532. The topological polar surface area (TPSA) is 37.4 Å². The van der Waals surface area contributed by atoms with E-state index in [2.05, 4.69) is 6.07 Å². The lowest BCUT2D eigenvalue weighted by molar-refractivity contribution is -0.122. The molecule has 0 saturated heterocycles. The van der Waals surface area contributed by atoms with Crippen LogP contribution in [-0.2, 0) is 21.4 Å². The molecule has 19 heavy (non-hydrogen) atoms. The van der Waals surface area contributed by atoms with Crippen LogP contribution in [0.15, 0.2) is 18.2 Å². The highest BCUT2D eigenvalue weighted by Gasteiger charge is 2.42. The van der Waals surface area contributed by atoms with Gasteiger partial charge in [0.05, 0.1) is 5.41 Å². The van der Waals surface area contributed by atoms with Gasteiger partial charge in [-0.2, -0.15) is 0 Å². The van der Waals surface area contributed by atoms with Gasteiger partial charge in [0, 0.05) is 25.6 Å². The first kappa shape index (κ1) is 13.8. The van der Waals surface area contributed by atoms with Crippen LogP contribution in [-0.4, -0.2) is 18.7 Å². The molecule has 1 amide bonds. The molecule has 0 atom stereocenters. The summed E-state index contributed by atoms with van der Waals surface area (Å²) in [6, 6.07) is 6.10. The monoisotopic (exact) mass is 259 g/mol. The lowest BCUT2D eigenvalue weighted by Crippen LogP contribution is -2.33. The van der Waals surface area contributed by atoms with Gasteiger partial charge in [-0.05, 0) is 37.5 Å². The second kappa shape index (κ2) is 4.80. The standard InChI is InChI=1S/C16H21NO2/c1-5-12(18)8-6-11-7-9-14-13(10-11)16(2,3)15(19)17(14)4/h7,9-10H,5-6,8H2,1-4H3. The van der Waals surface area contributed by atoms with Gasteiger partial charge in [-0.25, -0.2) is 0 Å². The van der Waals surface area contributed by atoms with E-state index in [9.17, 15) is 9.59 Å². The van der Waals surface area contributed by atoms with Crippen molar-refractivity contribution in [2.45, 2.75) is 45.4 Å². The third-order valence-corrected chi connectivity index (χ3v) is 4.02. The number of rotatable bonds is 4. The molecule has 1 heterocycles. The van der Waals surface area contributed by atoms with Crippen LogP contribution in [0.25, 0.3) is 0 Å². The fourth-order valence-electron chi connectivity index (χ4n) is 2.64. The average Bonchev–Trinajstić information content (AvgIpc) is 2.57. The number of amides is 1. The van der Waals surface area contributed by atoms with E-state index in [4.69, 9.17) is 0 Å². The maximum absolute atomic E-state index is 12.2. The number of carbonyl (C=O) groups excluding carboxylic acids is 2. The van der Waals surface area contributed by atoms with Gasteiger partial charge in [0.2, 0.25) is 5.91 Å². The van der Waals surface area contributed by atoms with Gasteiger partial charge >= 0.3 is 0 Å². The summed E-state index contributed by atoms with van der Waals surface area (Å²) in [5.41, 5.74) is 2.73. The molecule has 1 aliphatic heterocycles. The number of anilines is 1. The molecule has 0 saturated carbocycles. The van der Waals surface area contributed by atoms with Crippen molar-refractivity contribution in [2.24, 2.45) is 0 Å². The van der Waals surface area contributed by atoms with E-state index in [1.807, 2.05) is 40.0 Å². The van der Waals surface area contributed by atoms with Crippen molar-refractivity contribution in [3.8, 4) is 0 Å². The zero-order valence-corrected chi connectivity index (χ0v) is 12.1. The smallest absolute Gasteiger partial charge is 0.236 e. The van der Waals surface area contributed by atoms with E-state index in [1.54, 1.807) is 4.90 Å². The molecular weight excluding hydrogens is 238 g/mol. The summed E-state index contributed by atoms with van der Waals surface area (Å²) in [5.74, 6) is 0.414. The molecule has 1 aliphatic rings. The molecular formula is C16H21NO2. The number of Topliss-reactive ketones (excluding diaryl/α,β-unsaturated/α-hetero) is 1. The van der Waals surface area contributed by atoms with Crippen LogP contribution < -0.4 is 4.90 Å². The first-order chi connectivity index (χ1) is 8.87. The number of likely N-dealkylation sites (N-methyl/N-ethyl adjacent to an activating group) is 1. The second-order valence-electron chi connectivity index (χ2n) is 5.73. The fraction of sp³-hybridized carbons (Fsp3) is 0.500. The summed E-state index contributed by atoms with van der Waals surface area (Å²) >= 11 is 0. The predicted molar refractivity (Wildman–Crippen MR) is 76.5 cm³/mol. The Kier molecular flexibility index (Phi) is 3.48. The SMILES string of the molecule is CCC(=O)CCc1ccc2c(c1)C(C)(C)C(=O)N2C. The molecule has 0 radical (unpaired) electrons. The molecule has 1 aromatic rings. The van der Waals surface area contributed by atoms with Crippen molar-refractivity contribution in [3.05, 3.63) is 29.3 Å². The number of hydrogen-bond donors (Lipinski definition) is 0. The quantitative estimate of drug-likeness (QED) is 0.833. The molecule has 0 spiro atoms. The summed E-state index contributed by atoms with van der Waals surface area (Å²) in [5, 5.41) is 0. The Morgan fingerprint density at radius 2 is 2.00 bits per heavy atom. The van der Waals surface area contributed by atoms with E-state index < -0.39 is 5.41 Å². The predicted octanol–water partition coefficient (Wildman–Crippen LogP) is 2.85. The second-order valence-corrected chi connectivity index (χ2v) is 5.73. The fourth-order valence-corrected chi connectivity index (χ4v) is 2.64. The van der Waals surface area contributed by atoms with Crippen molar-refractivity contribution in [1.82, 2.24) is 0 Å². The Morgan fingerprint density at radius 3 is 2.63 bits per heavy atom. The molecule has 0 fully saturated rings. The van der Waals surface area contributed by atoms with E-state index >= 15 is 0 Å². The van der Waals surface area contributed by atoms with Crippen molar-refractivity contribution in [1.29, 1.82) is 0 Å². The first-order valence-electron chi connectivity index (χ1n) is 6.81. The Morgan fingerprint density at radius 1 is 1.32 bits per heavy atom. The normalized spacial score (nSPS) is 16.6. The van der Waals surface area contributed by atoms with Gasteiger partial charge in [0.25, 0.3) is 0 Å². The summed E-state index contributed by atoms with van der Waals surface area (Å²) in [6.45, 7) is 5.80. The highest BCUT2D eigenvalue weighted by atomic mass is 16.2. The molecule has 0 bridgehead atoms. The first-order valence-corrected chi connectivity index (χ1v) is 6.81. The summed E-state index contributed by atoms with van der Waals surface area (Å²) in [7, 11) is 1.82. The number of ketones is 1. The van der Waals surface area contributed by atoms with Crippen molar-refractivity contribution in [2.75, 3.05) is 11.9 Å². The molecule has 3 heteroatoms. The van der Waals surface area contributed by atoms with Gasteiger partial charge in [-0.3, -0.25) is 9.59 Å². The highest BCUT2D eigenvalue weighted by Crippen LogP contribution is 2.41. The third-order valence-electron chi connectivity index (χ3n) is 4.02. The Balaban J connectivity index is 2.28.